The molecule has 45 heavy (non-hydrogen) atoms. The molecule has 0 radical (unpaired) electrons. The second kappa shape index (κ2) is 13.1. The SMILES string of the molecule is CS(=O)(=O)OCCC1CC(SC(c2ccccc2)(c2ccccc2)c2ccccc2)CN1S(=O)(=O)c1ccc2ccccc2c1. The van der Waals surface area contributed by atoms with Gasteiger partial charge in [0.05, 0.1) is 22.5 Å². The molecule has 0 bridgehead atoms. The van der Waals surface area contributed by atoms with Crippen molar-refractivity contribution in [3.8, 4) is 0 Å². The highest BCUT2D eigenvalue weighted by Gasteiger charge is 2.46. The molecule has 0 aliphatic carbocycles. The van der Waals surface area contributed by atoms with Gasteiger partial charge in [0, 0.05) is 17.8 Å². The number of hydrogen-bond acceptors (Lipinski definition) is 6. The fourth-order valence-corrected chi connectivity index (χ4v) is 10.4. The van der Waals surface area contributed by atoms with Crippen molar-refractivity contribution in [3.05, 3.63) is 150 Å². The van der Waals surface area contributed by atoms with Crippen molar-refractivity contribution in [1.29, 1.82) is 0 Å². The van der Waals surface area contributed by atoms with Crippen LogP contribution in [0.3, 0.4) is 0 Å². The molecule has 0 saturated carbocycles. The topological polar surface area (TPSA) is 80.8 Å². The summed E-state index contributed by atoms with van der Waals surface area (Å²) in [6.45, 7) is 0.184. The minimum Gasteiger partial charge on any atom is -0.270 e. The highest BCUT2D eigenvalue weighted by Crippen LogP contribution is 2.52. The maximum absolute atomic E-state index is 14.3. The maximum Gasteiger partial charge on any atom is 0.264 e. The fourth-order valence-electron chi connectivity index (χ4n) is 6.26. The van der Waals surface area contributed by atoms with E-state index in [1.54, 1.807) is 28.2 Å². The largest absolute Gasteiger partial charge is 0.270 e. The Bertz CT molecular complexity index is 1870. The van der Waals surface area contributed by atoms with Crippen LogP contribution in [0, 0.1) is 0 Å². The van der Waals surface area contributed by atoms with E-state index in [9.17, 15) is 16.8 Å². The summed E-state index contributed by atoms with van der Waals surface area (Å²) in [5.74, 6) is 0. The van der Waals surface area contributed by atoms with Gasteiger partial charge in [0.15, 0.2) is 0 Å². The first kappa shape index (κ1) is 31.5. The van der Waals surface area contributed by atoms with Gasteiger partial charge < -0.3 is 0 Å². The molecule has 1 saturated heterocycles. The normalized spacial score (nSPS) is 17.9. The minimum atomic E-state index is -3.91. The van der Waals surface area contributed by atoms with Crippen LogP contribution < -0.4 is 0 Å². The molecule has 0 N–H and O–H groups in total. The second-order valence-electron chi connectivity index (χ2n) is 11.3. The standard InChI is InChI=1S/C36H35NO5S3/c1-44(38,39)42-24-23-33-26-34(27-37(33)45(40,41)35-22-21-28-13-11-12-14-29(28)25-35)43-36(30-15-5-2-6-16-30,31-17-7-3-8-18-31)32-19-9-4-10-20-32/h2-22,25,33-34H,23-24,26-27H2,1H3. The highest BCUT2D eigenvalue weighted by molar-refractivity contribution is 8.01. The number of nitrogens with zero attached hydrogens (tertiary/aromatic N) is 1. The van der Waals surface area contributed by atoms with E-state index in [1.807, 2.05) is 84.9 Å². The first-order chi connectivity index (χ1) is 21.7. The van der Waals surface area contributed by atoms with E-state index in [1.165, 1.54) is 0 Å². The molecular weight excluding hydrogens is 623 g/mol. The van der Waals surface area contributed by atoms with Gasteiger partial charge in [-0.2, -0.15) is 12.7 Å². The summed E-state index contributed by atoms with van der Waals surface area (Å²) in [5.41, 5.74) is 3.29. The van der Waals surface area contributed by atoms with Gasteiger partial charge in [-0.25, -0.2) is 8.42 Å². The van der Waals surface area contributed by atoms with Crippen molar-refractivity contribution in [1.82, 2.24) is 4.31 Å². The molecule has 5 aromatic carbocycles. The van der Waals surface area contributed by atoms with E-state index in [4.69, 9.17) is 4.18 Å². The first-order valence-corrected chi connectivity index (χ1v) is 19.0. The van der Waals surface area contributed by atoms with E-state index < -0.39 is 30.9 Å². The summed E-state index contributed by atoms with van der Waals surface area (Å²) < 4.78 is 58.3. The summed E-state index contributed by atoms with van der Waals surface area (Å²) in [6, 6.07) is 43.4. The highest BCUT2D eigenvalue weighted by atomic mass is 32.2. The van der Waals surface area contributed by atoms with Crippen LogP contribution in [0.1, 0.15) is 29.5 Å². The van der Waals surface area contributed by atoms with Gasteiger partial charge in [-0.05, 0) is 52.4 Å². The van der Waals surface area contributed by atoms with Crippen LogP contribution in [-0.2, 0) is 29.1 Å². The van der Waals surface area contributed by atoms with Crippen molar-refractivity contribution in [2.24, 2.45) is 0 Å². The number of sulfonamides is 1. The van der Waals surface area contributed by atoms with Gasteiger partial charge in [0.25, 0.3) is 10.1 Å². The van der Waals surface area contributed by atoms with Crippen LogP contribution >= 0.6 is 11.8 Å². The molecule has 2 unspecified atom stereocenters. The number of thioether (sulfide) groups is 1. The van der Waals surface area contributed by atoms with Crippen LogP contribution in [0.4, 0.5) is 0 Å². The number of hydrogen-bond donors (Lipinski definition) is 0. The quantitative estimate of drug-likeness (QED) is 0.112. The van der Waals surface area contributed by atoms with Gasteiger partial charge in [0.2, 0.25) is 10.0 Å². The third kappa shape index (κ3) is 6.73. The lowest BCUT2D eigenvalue weighted by Gasteiger charge is -2.37. The fraction of sp³-hybridized carbons (Fsp3) is 0.222. The number of fused-ring (bicyclic) bond motifs is 1. The Hall–Kier alpha value is -3.47. The Labute approximate surface area is 270 Å². The Balaban J connectivity index is 1.42. The molecule has 5 aromatic rings. The molecule has 1 aliphatic rings. The zero-order chi connectivity index (χ0) is 31.5. The lowest BCUT2D eigenvalue weighted by molar-refractivity contribution is 0.270. The van der Waals surface area contributed by atoms with Crippen LogP contribution in [0.25, 0.3) is 10.8 Å². The van der Waals surface area contributed by atoms with E-state index in [0.29, 0.717) is 6.42 Å². The van der Waals surface area contributed by atoms with Gasteiger partial charge in [0.1, 0.15) is 0 Å². The van der Waals surface area contributed by atoms with Crippen LogP contribution in [0.2, 0.25) is 0 Å². The van der Waals surface area contributed by atoms with Crippen molar-refractivity contribution < 1.29 is 21.0 Å². The zero-order valence-corrected chi connectivity index (χ0v) is 27.3. The van der Waals surface area contributed by atoms with E-state index in [-0.39, 0.29) is 29.7 Å². The number of rotatable bonds is 11. The lowest BCUT2D eigenvalue weighted by atomic mass is 9.84. The van der Waals surface area contributed by atoms with Crippen LogP contribution in [0.15, 0.2) is 138 Å². The molecule has 0 aromatic heterocycles. The van der Waals surface area contributed by atoms with Crippen molar-refractivity contribution in [3.63, 3.8) is 0 Å². The van der Waals surface area contributed by atoms with Crippen LogP contribution in [-0.4, -0.2) is 51.8 Å². The van der Waals surface area contributed by atoms with Gasteiger partial charge in [-0.3, -0.25) is 4.18 Å². The predicted molar refractivity (Wildman–Crippen MR) is 182 cm³/mol. The van der Waals surface area contributed by atoms with E-state index in [2.05, 4.69) is 36.4 Å². The van der Waals surface area contributed by atoms with Crippen molar-refractivity contribution in [2.75, 3.05) is 19.4 Å². The molecule has 0 spiro atoms. The maximum atomic E-state index is 14.3. The Morgan fingerprint density at radius 3 is 1.76 bits per heavy atom. The van der Waals surface area contributed by atoms with E-state index in [0.717, 1.165) is 33.7 Å². The van der Waals surface area contributed by atoms with Gasteiger partial charge >= 0.3 is 0 Å². The Morgan fingerprint density at radius 1 is 0.711 bits per heavy atom. The molecule has 6 nitrogen and oxygen atoms in total. The first-order valence-electron chi connectivity index (χ1n) is 14.9. The van der Waals surface area contributed by atoms with Crippen molar-refractivity contribution >= 4 is 42.7 Å². The smallest absolute Gasteiger partial charge is 0.264 e. The van der Waals surface area contributed by atoms with E-state index >= 15 is 0 Å². The van der Waals surface area contributed by atoms with Crippen molar-refractivity contribution in [2.45, 2.75) is 33.8 Å². The summed E-state index contributed by atoms with van der Waals surface area (Å²) in [5, 5.41) is 1.70. The Morgan fingerprint density at radius 2 is 1.22 bits per heavy atom. The third-order valence-corrected chi connectivity index (χ3v) is 12.5. The molecule has 0 amide bonds. The van der Waals surface area contributed by atoms with Crippen LogP contribution in [0.5, 0.6) is 0 Å². The minimum absolute atomic E-state index is 0.0914. The Kier molecular flexibility index (Phi) is 9.17. The lowest BCUT2D eigenvalue weighted by Crippen LogP contribution is -2.37. The molecule has 6 rings (SSSR count). The molecule has 1 fully saturated rings. The second-order valence-corrected chi connectivity index (χ2v) is 16.4. The summed E-state index contributed by atoms with van der Waals surface area (Å²) in [6.07, 6.45) is 1.81. The average Bonchev–Trinajstić information content (AvgIpc) is 3.47. The third-order valence-electron chi connectivity index (χ3n) is 8.29. The number of benzene rings is 5. The summed E-state index contributed by atoms with van der Waals surface area (Å²) >= 11 is 1.75. The summed E-state index contributed by atoms with van der Waals surface area (Å²) in [7, 11) is -7.58. The predicted octanol–water partition coefficient (Wildman–Crippen LogP) is 7.06. The molecule has 9 heteroatoms. The molecule has 2 atom stereocenters. The zero-order valence-electron chi connectivity index (χ0n) is 24.9. The molecule has 1 heterocycles. The molecular formula is C36H35NO5S3. The van der Waals surface area contributed by atoms with Gasteiger partial charge in [-0.1, -0.05) is 121 Å². The summed E-state index contributed by atoms with van der Waals surface area (Å²) in [4.78, 5) is 0.223. The molecule has 1 aliphatic heterocycles. The monoisotopic (exact) mass is 657 g/mol. The van der Waals surface area contributed by atoms with Gasteiger partial charge in [-0.15, -0.1) is 11.8 Å². The molecule has 232 valence electrons. The average molecular weight is 658 g/mol.